The molecule has 0 aliphatic carbocycles. The maximum absolute atomic E-state index is 5.80. The van der Waals surface area contributed by atoms with Crippen molar-refractivity contribution in [2.75, 3.05) is 5.73 Å². The van der Waals surface area contributed by atoms with Gasteiger partial charge in [0.25, 0.3) is 0 Å². The fourth-order valence-electron chi connectivity index (χ4n) is 1.58. The molecule has 0 saturated carbocycles. The molecule has 0 fully saturated rings. The largest absolute Gasteiger partial charge is 0.437 e. The summed E-state index contributed by atoms with van der Waals surface area (Å²) in [6.45, 7) is 3.96. The van der Waals surface area contributed by atoms with E-state index < -0.39 is 0 Å². The third kappa shape index (κ3) is 2.50. The Kier molecular flexibility index (Phi) is 3.20. The molecule has 0 radical (unpaired) electrons. The number of para-hydroxylation sites is 1. The summed E-state index contributed by atoms with van der Waals surface area (Å²) < 4.78 is 5.73. The van der Waals surface area contributed by atoms with E-state index >= 15 is 0 Å². The summed E-state index contributed by atoms with van der Waals surface area (Å²) in [4.78, 5) is 4.08. The van der Waals surface area contributed by atoms with Gasteiger partial charge in [-0.15, -0.1) is 0 Å². The predicted octanol–water partition coefficient (Wildman–Crippen LogP) is 3.73. The third-order valence-electron chi connectivity index (χ3n) is 2.45. The Morgan fingerprint density at radius 2 is 1.88 bits per heavy atom. The lowest BCUT2D eigenvalue weighted by molar-refractivity contribution is 0.458. The van der Waals surface area contributed by atoms with Crippen molar-refractivity contribution in [3.05, 3.63) is 46.6 Å². The van der Waals surface area contributed by atoms with Crippen molar-refractivity contribution >= 4 is 17.3 Å². The number of ether oxygens (including phenoxy) is 1. The fraction of sp³-hybridized carbons (Fsp3) is 0.154. The lowest BCUT2D eigenvalue weighted by atomic mass is 10.1. The van der Waals surface area contributed by atoms with E-state index in [2.05, 4.69) is 4.98 Å². The van der Waals surface area contributed by atoms with Crippen molar-refractivity contribution < 1.29 is 4.74 Å². The third-order valence-corrected chi connectivity index (χ3v) is 2.66. The Bertz CT molecular complexity index is 535. The van der Waals surface area contributed by atoms with Gasteiger partial charge in [0, 0.05) is 6.20 Å². The lowest BCUT2D eigenvalue weighted by Crippen LogP contribution is -1.97. The van der Waals surface area contributed by atoms with E-state index in [1.54, 1.807) is 6.07 Å². The Labute approximate surface area is 105 Å². The minimum absolute atomic E-state index is 0.381. The molecule has 0 amide bonds. The molecule has 2 rings (SSSR count). The Hall–Kier alpha value is -1.74. The number of rotatable bonds is 2. The maximum atomic E-state index is 5.80. The molecule has 0 aliphatic rings. The molecule has 0 unspecified atom stereocenters. The van der Waals surface area contributed by atoms with E-state index in [1.165, 1.54) is 6.20 Å². The van der Waals surface area contributed by atoms with Crippen molar-refractivity contribution in [1.29, 1.82) is 0 Å². The topological polar surface area (TPSA) is 48.1 Å². The van der Waals surface area contributed by atoms with E-state index in [0.29, 0.717) is 16.6 Å². The zero-order chi connectivity index (χ0) is 12.4. The molecule has 0 bridgehead atoms. The Morgan fingerprint density at radius 1 is 1.24 bits per heavy atom. The summed E-state index contributed by atoms with van der Waals surface area (Å²) in [5, 5.41) is 0.497. The van der Waals surface area contributed by atoms with Gasteiger partial charge in [-0.05, 0) is 31.0 Å². The number of nitrogens with zero attached hydrogens (tertiary/aromatic N) is 1. The highest BCUT2D eigenvalue weighted by atomic mass is 35.5. The molecule has 3 nitrogen and oxygen atoms in total. The zero-order valence-corrected chi connectivity index (χ0v) is 10.5. The molecule has 1 aromatic carbocycles. The predicted molar refractivity (Wildman–Crippen MR) is 69.6 cm³/mol. The molecule has 0 atom stereocenters. The number of benzene rings is 1. The summed E-state index contributed by atoms with van der Waals surface area (Å²) in [6, 6.07) is 7.57. The van der Waals surface area contributed by atoms with Crippen LogP contribution in [-0.4, -0.2) is 4.98 Å². The number of halogens is 1. The zero-order valence-electron chi connectivity index (χ0n) is 9.70. The minimum Gasteiger partial charge on any atom is -0.437 e. The van der Waals surface area contributed by atoms with Gasteiger partial charge in [-0.2, -0.15) is 0 Å². The second-order valence-corrected chi connectivity index (χ2v) is 4.31. The first-order chi connectivity index (χ1) is 8.08. The van der Waals surface area contributed by atoms with Crippen LogP contribution in [0.3, 0.4) is 0 Å². The number of hydrogen-bond donors (Lipinski definition) is 1. The summed E-state index contributed by atoms with van der Waals surface area (Å²) in [7, 11) is 0. The van der Waals surface area contributed by atoms with Crippen LogP contribution < -0.4 is 10.5 Å². The highest BCUT2D eigenvalue weighted by Gasteiger charge is 2.08. The van der Waals surface area contributed by atoms with E-state index in [-0.39, 0.29) is 0 Å². The van der Waals surface area contributed by atoms with Crippen molar-refractivity contribution in [2.45, 2.75) is 13.8 Å². The highest BCUT2D eigenvalue weighted by Crippen LogP contribution is 2.31. The van der Waals surface area contributed by atoms with E-state index in [0.717, 1.165) is 16.9 Å². The SMILES string of the molecule is Cc1cccc(C)c1Oc1ncc(Cl)cc1N. The molecule has 2 N–H and O–H groups in total. The molecule has 0 saturated heterocycles. The maximum Gasteiger partial charge on any atom is 0.242 e. The van der Waals surface area contributed by atoms with Gasteiger partial charge >= 0.3 is 0 Å². The van der Waals surface area contributed by atoms with Gasteiger partial charge < -0.3 is 10.5 Å². The number of pyridine rings is 1. The molecule has 0 aliphatic heterocycles. The molecular weight excluding hydrogens is 236 g/mol. The molecular formula is C13H13ClN2O. The first-order valence-electron chi connectivity index (χ1n) is 5.23. The van der Waals surface area contributed by atoms with Crippen LogP contribution in [0.1, 0.15) is 11.1 Å². The van der Waals surface area contributed by atoms with Gasteiger partial charge in [0.2, 0.25) is 5.88 Å². The van der Waals surface area contributed by atoms with Crippen molar-refractivity contribution in [3.8, 4) is 11.6 Å². The van der Waals surface area contributed by atoms with Crippen molar-refractivity contribution in [2.24, 2.45) is 0 Å². The summed E-state index contributed by atoms with van der Waals surface area (Å²) >= 11 is 5.78. The van der Waals surface area contributed by atoms with Crippen LogP contribution in [0.25, 0.3) is 0 Å². The van der Waals surface area contributed by atoms with Crippen LogP contribution in [0.4, 0.5) is 5.69 Å². The molecule has 2 aromatic rings. The van der Waals surface area contributed by atoms with Gasteiger partial charge in [0.15, 0.2) is 0 Å². The lowest BCUT2D eigenvalue weighted by Gasteiger charge is -2.12. The van der Waals surface area contributed by atoms with Crippen LogP contribution in [0, 0.1) is 13.8 Å². The van der Waals surface area contributed by atoms with Crippen LogP contribution in [-0.2, 0) is 0 Å². The van der Waals surface area contributed by atoms with Gasteiger partial charge in [0.05, 0.1) is 10.7 Å². The number of anilines is 1. The quantitative estimate of drug-likeness (QED) is 0.881. The number of hydrogen-bond acceptors (Lipinski definition) is 3. The monoisotopic (exact) mass is 248 g/mol. The first kappa shape index (κ1) is 11.7. The Morgan fingerprint density at radius 3 is 2.47 bits per heavy atom. The summed E-state index contributed by atoms with van der Waals surface area (Å²) in [5.41, 5.74) is 8.31. The molecule has 88 valence electrons. The smallest absolute Gasteiger partial charge is 0.242 e. The number of nitrogens with two attached hydrogens (primary N) is 1. The normalized spacial score (nSPS) is 10.3. The number of nitrogen functional groups attached to an aromatic ring is 1. The van der Waals surface area contributed by atoms with Gasteiger partial charge in [0.1, 0.15) is 5.75 Å². The Balaban J connectivity index is 2.38. The van der Waals surface area contributed by atoms with E-state index in [9.17, 15) is 0 Å². The minimum atomic E-state index is 0.381. The molecule has 4 heteroatoms. The number of aryl methyl sites for hydroxylation is 2. The standard InChI is InChI=1S/C13H13ClN2O/c1-8-4-3-5-9(2)12(8)17-13-11(15)6-10(14)7-16-13/h3-7H,15H2,1-2H3. The second kappa shape index (κ2) is 4.63. The molecule has 0 spiro atoms. The van der Waals surface area contributed by atoms with Crippen LogP contribution in [0.5, 0.6) is 11.6 Å². The fourth-order valence-corrected chi connectivity index (χ4v) is 1.75. The molecule has 17 heavy (non-hydrogen) atoms. The summed E-state index contributed by atoms with van der Waals surface area (Å²) in [6.07, 6.45) is 1.51. The van der Waals surface area contributed by atoms with E-state index in [4.69, 9.17) is 22.1 Å². The average molecular weight is 249 g/mol. The first-order valence-corrected chi connectivity index (χ1v) is 5.61. The van der Waals surface area contributed by atoms with Crippen molar-refractivity contribution in [1.82, 2.24) is 4.98 Å². The van der Waals surface area contributed by atoms with Crippen LogP contribution in [0.15, 0.2) is 30.5 Å². The van der Waals surface area contributed by atoms with Gasteiger partial charge in [-0.3, -0.25) is 0 Å². The van der Waals surface area contributed by atoms with Gasteiger partial charge in [-0.1, -0.05) is 29.8 Å². The average Bonchev–Trinajstić information content (AvgIpc) is 2.26. The van der Waals surface area contributed by atoms with E-state index in [1.807, 2.05) is 32.0 Å². The van der Waals surface area contributed by atoms with Crippen LogP contribution in [0.2, 0.25) is 5.02 Å². The second-order valence-electron chi connectivity index (χ2n) is 3.87. The van der Waals surface area contributed by atoms with Gasteiger partial charge in [-0.25, -0.2) is 4.98 Å². The van der Waals surface area contributed by atoms with Crippen LogP contribution >= 0.6 is 11.6 Å². The summed E-state index contributed by atoms with van der Waals surface area (Å²) in [5.74, 6) is 1.17. The van der Waals surface area contributed by atoms with Crippen molar-refractivity contribution in [3.63, 3.8) is 0 Å². The number of aromatic nitrogens is 1. The molecule has 1 heterocycles. The molecule has 1 aromatic heterocycles. The highest BCUT2D eigenvalue weighted by molar-refractivity contribution is 6.30.